The minimum absolute atomic E-state index is 0.0811. The van der Waals surface area contributed by atoms with Crippen LogP contribution in [0.4, 0.5) is 0 Å². The van der Waals surface area contributed by atoms with Crippen molar-refractivity contribution in [3.63, 3.8) is 0 Å². The first kappa shape index (κ1) is 12.9. The lowest BCUT2D eigenvalue weighted by Crippen LogP contribution is -2.38. The molecule has 2 rings (SSSR count). The number of carbonyl (C=O) groups is 1. The summed E-state index contributed by atoms with van der Waals surface area (Å²) >= 11 is 0. The molecule has 98 valence electrons. The van der Waals surface area contributed by atoms with E-state index in [0.29, 0.717) is 6.54 Å². The molecule has 1 aliphatic heterocycles. The molecule has 18 heavy (non-hydrogen) atoms. The summed E-state index contributed by atoms with van der Waals surface area (Å²) in [4.78, 5) is 13.8. The summed E-state index contributed by atoms with van der Waals surface area (Å²) in [6.45, 7) is 2.39. The van der Waals surface area contributed by atoms with E-state index >= 15 is 0 Å². The molecular weight excluding hydrogens is 228 g/mol. The third-order valence-corrected chi connectivity index (χ3v) is 3.23. The maximum absolute atomic E-state index is 11.9. The average Bonchev–Trinajstić information content (AvgIpc) is 2.46. The van der Waals surface area contributed by atoms with E-state index in [4.69, 9.17) is 10.5 Å². The van der Waals surface area contributed by atoms with Crippen LogP contribution < -0.4 is 10.5 Å². The Hall–Kier alpha value is -1.55. The number of rotatable bonds is 4. The molecule has 1 aromatic carbocycles. The summed E-state index contributed by atoms with van der Waals surface area (Å²) in [6.07, 6.45) is 3.44. The Balaban J connectivity index is 1.80. The molecule has 4 heteroatoms. The maximum Gasteiger partial charge on any atom is 0.260 e. The highest BCUT2D eigenvalue weighted by Gasteiger charge is 2.16. The molecule has 0 atom stereocenters. The zero-order chi connectivity index (χ0) is 12.8. The molecule has 4 nitrogen and oxygen atoms in total. The molecule has 1 aliphatic rings. The van der Waals surface area contributed by atoms with Crippen molar-refractivity contribution in [2.24, 2.45) is 5.73 Å². The number of amides is 1. The Morgan fingerprint density at radius 3 is 2.44 bits per heavy atom. The van der Waals surface area contributed by atoms with Crippen LogP contribution in [0.5, 0.6) is 5.75 Å². The number of piperidine rings is 1. The second-order valence-corrected chi connectivity index (χ2v) is 4.58. The molecule has 1 fully saturated rings. The molecule has 0 bridgehead atoms. The van der Waals surface area contributed by atoms with Crippen molar-refractivity contribution in [3.8, 4) is 5.75 Å². The van der Waals surface area contributed by atoms with E-state index in [1.807, 2.05) is 29.2 Å². The smallest absolute Gasteiger partial charge is 0.260 e. The van der Waals surface area contributed by atoms with E-state index in [1.54, 1.807) is 0 Å². The van der Waals surface area contributed by atoms with Crippen molar-refractivity contribution < 1.29 is 9.53 Å². The van der Waals surface area contributed by atoms with Gasteiger partial charge in [-0.15, -0.1) is 0 Å². The monoisotopic (exact) mass is 248 g/mol. The van der Waals surface area contributed by atoms with E-state index in [-0.39, 0.29) is 12.5 Å². The number of hydrogen-bond donors (Lipinski definition) is 1. The summed E-state index contributed by atoms with van der Waals surface area (Å²) in [5, 5.41) is 0. The van der Waals surface area contributed by atoms with Crippen molar-refractivity contribution in [2.45, 2.75) is 25.8 Å². The Morgan fingerprint density at radius 1 is 1.17 bits per heavy atom. The van der Waals surface area contributed by atoms with Gasteiger partial charge in [-0.25, -0.2) is 0 Å². The maximum atomic E-state index is 11.9. The summed E-state index contributed by atoms with van der Waals surface area (Å²) in [6, 6.07) is 7.54. The highest BCUT2D eigenvalue weighted by molar-refractivity contribution is 5.77. The van der Waals surface area contributed by atoms with Crippen molar-refractivity contribution in [1.29, 1.82) is 0 Å². The molecule has 0 aromatic heterocycles. The number of ether oxygens (including phenoxy) is 1. The highest BCUT2D eigenvalue weighted by Crippen LogP contribution is 2.13. The summed E-state index contributed by atoms with van der Waals surface area (Å²) in [5.74, 6) is 0.801. The first-order valence-corrected chi connectivity index (χ1v) is 6.49. The fourth-order valence-corrected chi connectivity index (χ4v) is 2.10. The van der Waals surface area contributed by atoms with Crippen LogP contribution in [0, 0.1) is 0 Å². The Morgan fingerprint density at radius 2 is 1.83 bits per heavy atom. The molecule has 0 aliphatic carbocycles. The largest absolute Gasteiger partial charge is 0.484 e. The van der Waals surface area contributed by atoms with Gasteiger partial charge in [-0.2, -0.15) is 0 Å². The zero-order valence-electron chi connectivity index (χ0n) is 10.6. The Labute approximate surface area is 108 Å². The molecule has 1 amide bonds. The molecule has 1 saturated heterocycles. The van der Waals surface area contributed by atoms with Crippen molar-refractivity contribution in [1.82, 2.24) is 4.90 Å². The number of carbonyl (C=O) groups excluding carboxylic acids is 1. The number of likely N-dealkylation sites (tertiary alicyclic amines) is 1. The van der Waals surface area contributed by atoms with Gasteiger partial charge in [0.1, 0.15) is 5.75 Å². The Bertz CT molecular complexity index is 383. The average molecular weight is 248 g/mol. The van der Waals surface area contributed by atoms with Gasteiger partial charge >= 0.3 is 0 Å². The lowest BCUT2D eigenvalue weighted by atomic mass is 10.1. The van der Waals surface area contributed by atoms with E-state index < -0.39 is 0 Å². The third kappa shape index (κ3) is 3.47. The number of benzene rings is 1. The second-order valence-electron chi connectivity index (χ2n) is 4.58. The van der Waals surface area contributed by atoms with E-state index in [2.05, 4.69) is 0 Å². The standard InChI is InChI=1S/C14H20N2O2/c15-10-12-4-6-13(7-5-12)18-11-14(17)16-8-2-1-3-9-16/h4-7H,1-3,8-11,15H2. The predicted octanol–water partition coefficient (Wildman–Crippen LogP) is 1.54. The van der Waals surface area contributed by atoms with E-state index in [1.165, 1.54) is 6.42 Å². The summed E-state index contributed by atoms with van der Waals surface area (Å²) < 4.78 is 5.49. The SMILES string of the molecule is NCc1ccc(OCC(=O)N2CCCCC2)cc1. The number of nitrogens with zero attached hydrogens (tertiary/aromatic N) is 1. The quantitative estimate of drug-likeness (QED) is 0.879. The molecule has 0 saturated carbocycles. The first-order chi connectivity index (χ1) is 8.79. The van der Waals surface area contributed by atoms with Crippen LogP contribution in [0.3, 0.4) is 0 Å². The van der Waals surface area contributed by atoms with E-state index in [0.717, 1.165) is 37.2 Å². The predicted molar refractivity (Wildman–Crippen MR) is 70.3 cm³/mol. The normalized spacial score (nSPS) is 15.5. The van der Waals surface area contributed by atoms with Gasteiger partial charge in [-0.3, -0.25) is 4.79 Å². The van der Waals surface area contributed by atoms with Gasteiger partial charge in [0.05, 0.1) is 0 Å². The molecular formula is C14H20N2O2. The van der Waals surface area contributed by atoms with Crippen LogP contribution in [0.15, 0.2) is 24.3 Å². The van der Waals surface area contributed by atoms with Crippen molar-refractivity contribution in [2.75, 3.05) is 19.7 Å². The molecule has 1 aromatic rings. The molecule has 0 unspecified atom stereocenters. The highest BCUT2D eigenvalue weighted by atomic mass is 16.5. The fourth-order valence-electron chi connectivity index (χ4n) is 2.10. The van der Waals surface area contributed by atoms with Crippen molar-refractivity contribution >= 4 is 5.91 Å². The van der Waals surface area contributed by atoms with Gasteiger partial charge in [0, 0.05) is 19.6 Å². The fraction of sp³-hybridized carbons (Fsp3) is 0.500. The van der Waals surface area contributed by atoms with Gasteiger partial charge < -0.3 is 15.4 Å². The van der Waals surface area contributed by atoms with Gasteiger partial charge in [0.15, 0.2) is 6.61 Å². The van der Waals surface area contributed by atoms with Crippen LogP contribution in [0.2, 0.25) is 0 Å². The van der Waals surface area contributed by atoms with Gasteiger partial charge in [0.2, 0.25) is 0 Å². The first-order valence-electron chi connectivity index (χ1n) is 6.49. The zero-order valence-corrected chi connectivity index (χ0v) is 10.6. The lowest BCUT2D eigenvalue weighted by Gasteiger charge is -2.26. The molecule has 2 N–H and O–H groups in total. The Kier molecular flexibility index (Phi) is 4.59. The third-order valence-electron chi connectivity index (χ3n) is 3.23. The molecule has 0 spiro atoms. The minimum atomic E-state index is 0.0811. The van der Waals surface area contributed by atoms with Crippen LogP contribution in [0.25, 0.3) is 0 Å². The minimum Gasteiger partial charge on any atom is -0.484 e. The number of hydrogen-bond acceptors (Lipinski definition) is 3. The van der Waals surface area contributed by atoms with Gasteiger partial charge in [-0.1, -0.05) is 12.1 Å². The second kappa shape index (κ2) is 6.40. The van der Waals surface area contributed by atoms with Crippen LogP contribution in [-0.4, -0.2) is 30.5 Å². The molecule has 1 heterocycles. The molecule has 0 radical (unpaired) electrons. The lowest BCUT2D eigenvalue weighted by molar-refractivity contribution is -0.134. The van der Waals surface area contributed by atoms with Gasteiger partial charge in [-0.05, 0) is 37.0 Å². The van der Waals surface area contributed by atoms with Crippen molar-refractivity contribution in [3.05, 3.63) is 29.8 Å². The topological polar surface area (TPSA) is 55.6 Å². The van der Waals surface area contributed by atoms with Crippen LogP contribution in [-0.2, 0) is 11.3 Å². The van der Waals surface area contributed by atoms with Gasteiger partial charge in [0.25, 0.3) is 5.91 Å². The summed E-state index contributed by atoms with van der Waals surface area (Å²) in [7, 11) is 0. The van der Waals surface area contributed by atoms with Crippen LogP contribution in [0.1, 0.15) is 24.8 Å². The van der Waals surface area contributed by atoms with E-state index in [9.17, 15) is 4.79 Å². The summed E-state index contributed by atoms with van der Waals surface area (Å²) in [5.41, 5.74) is 6.58. The number of nitrogens with two attached hydrogens (primary N) is 1. The van der Waals surface area contributed by atoms with Crippen LogP contribution >= 0.6 is 0 Å².